The van der Waals surface area contributed by atoms with E-state index >= 15 is 0 Å². The topological polar surface area (TPSA) is 110 Å². The van der Waals surface area contributed by atoms with E-state index in [0.717, 1.165) is 79.8 Å². The maximum absolute atomic E-state index is 9.65. The highest BCUT2D eigenvalue weighted by Crippen LogP contribution is 2.36. The van der Waals surface area contributed by atoms with Gasteiger partial charge < -0.3 is 25.1 Å². The summed E-state index contributed by atoms with van der Waals surface area (Å²) in [6, 6.07) is 11.4. The number of nitrogens with zero attached hydrogens (tertiary/aromatic N) is 5. The predicted octanol–water partition coefficient (Wildman–Crippen LogP) is 4.33. The molecule has 2 unspecified atom stereocenters. The molecule has 204 valence electrons. The van der Waals surface area contributed by atoms with E-state index in [2.05, 4.69) is 50.4 Å². The number of nitrogens with one attached hydrogen (secondary N) is 2. The summed E-state index contributed by atoms with van der Waals surface area (Å²) >= 11 is 0. The molecule has 2 N–H and O–H groups in total. The lowest BCUT2D eigenvalue weighted by molar-refractivity contribution is 0.0198. The highest BCUT2D eigenvalue weighted by molar-refractivity contribution is 5.93. The van der Waals surface area contributed by atoms with Gasteiger partial charge in [-0.1, -0.05) is 6.07 Å². The fourth-order valence-corrected chi connectivity index (χ4v) is 5.96. The van der Waals surface area contributed by atoms with Gasteiger partial charge in [-0.05, 0) is 60.6 Å². The van der Waals surface area contributed by atoms with Crippen LogP contribution in [0.25, 0.3) is 5.57 Å². The third-order valence-electron chi connectivity index (χ3n) is 8.18. The zero-order valence-electron chi connectivity index (χ0n) is 22.6. The molecule has 40 heavy (non-hydrogen) atoms. The van der Waals surface area contributed by atoms with Gasteiger partial charge in [-0.2, -0.15) is 5.26 Å². The van der Waals surface area contributed by atoms with Crippen LogP contribution < -0.4 is 15.0 Å². The van der Waals surface area contributed by atoms with Crippen molar-refractivity contribution in [2.24, 2.45) is 0 Å². The zero-order valence-corrected chi connectivity index (χ0v) is 22.6. The average molecular weight is 536 g/mol. The van der Waals surface area contributed by atoms with Crippen LogP contribution in [0.2, 0.25) is 0 Å². The lowest BCUT2D eigenvalue weighted by Gasteiger charge is -2.47. The van der Waals surface area contributed by atoms with Crippen LogP contribution in [-0.2, 0) is 11.3 Å². The fraction of sp³-hybridized carbons (Fsp3) is 0.355. The molecule has 2 aromatic rings. The second kappa shape index (κ2) is 11.4. The number of hydrogen-bond acceptors (Lipinski definition) is 9. The first-order valence-corrected chi connectivity index (χ1v) is 13.8. The van der Waals surface area contributed by atoms with Crippen LogP contribution in [0, 0.1) is 16.7 Å². The van der Waals surface area contributed by atoms with Crippen molar-refractivity contribution in [1.82, 2.24) is 20.2 Å². The van der Waals surface area contributed by atoms with Gasteiger partial charge in [-0.25, -0.2) is 9.97 Å². The van der Waals surface area contributed by atoms with Crippen molar-refractivity contribution in [3.63, 3.8) is 0 Å². The summed E-state index contributed by atoms with van der Waals surface area (Å²) in [5, 5.41) is 20.7. The number of ether oxygens (including phenoxy) is 2. The standard InChI is InChI=1S/C31H33N7O2/c1-39-30-7-4-21(15-35-30)18-38-26-8-9-37(19-27(38)12-26)29-6-5-22(16-34-29)28-11-24(23-3-2-10-40-20-23)17-36-31(28)25(13-32)14-33/h4-7,11,13,15-17,20,26-27,32,36H,2-3,8-10,12,18-19H2,1H3/b31-25+,32-13?. The Balaban J connectivity index is 1.20. The molecule has 9 nitrogen and oxygen atoms in total. The largest absolute Gasteiger partial charge is 0.501 e. The Morgan fingerprint density at radius 3 is 2.88 bits per heavy atom. The van der Waals surface area contributed by atoms with Crippen LogP contribution in [-0.4, -0.2) is 60.0 Å². The number of anilines is 1. The van der Waals surface area contributed by atoms with Gasteiger partial charge in [-0.15, -0.1) is 0 Å². The first-order chi connectivity index (χ1) is 19.7. The number of nitriles is 1. The molecule has 0 aromatic carbocycles. The number of pyridine rings is 2. The van der Waals surface area contributed by atoms with Crippen LogP contribution in [0.5, 0.6) is 5.88 Å². The maximum atomic E-state index is 9.65. The number of aromatic nitrogens is 2. The maximum Gasteiger partial charge on any atom is 0.212 e. The van der Waals surface area contributed by atoms with Crippen LogP contribution in [0.15, 0.2) is 77.6 Å². The van der Waals surface area contributed by atoms with E-state index in [1.165, 1.54) is 12.0 Å². The van der Waals surface area contributed by atoms with Gasteiger partial charge in [0.1, 0.15) is 11.9 Å². The first-order valence-electron chi connectivity index (χ1n) is 13.8. The summed E-state index contributed by atoms with van der Waals surface area (Å²) in [5.74, 6) is 1.60. The highest BCUT2D eigenvalue weighted by Gasteiger charge is 2.41. The smallest absolute Gasteiger partial charge is 0.212 e. The Kier molecular flexibility index (Phi) is 7.34. The molecule has 2 aromatic heterocycles. The van der Waals surface area contributed by atoms with Gasteiger partial charge in [0, 0.05) is 73.7 Å². The molecule has 0 spiro atoms. The Morgan fingerprint density at radius 1 is 1.25 bits per heavy atom. The van der Waals surface area contributed by atoms with Crippen molar-refractivity contribution >= 4 is 17.6 Å². The van der Waals surface area contributed by atoms with E-state index in [4.69, 9.17) is 19.9 Å². The Labute approximate surface area is 234 Å². The number of rotatable bonds is 7. The lowest BCUT2D eigenvalue weighted by atomic mass is 9.91. The summed E-state index contributed by atoms with van der Waals surface area (Å²) in [4.78, 5) is 14.2. The number of allylic oxidation sites excluding steroid dienone is 5. The predicted molar refractivity (Wildman–Crippen MR) is 153 cm³/mol. The third kappa shape index (κ3) is 5.10. The van der Waals surface area contributed by atoms with Crippen molar-refractivity contribution in [2.45, 2.75) is 44.3 Å². The lowest BCUT2D eigenvalue weighted by Crippen LogP contribution is -2.56. The number of fused-ring (bicyclic) bond motifs is 3. The normalized spacial score (nSPS) is 23.6. The Bertz CT molecular complexity index is 1430. The van der Waals surface area contributed by atoms with Gasteiger partial charge >= 0.3 is 0 Å². The molecular weight excluding hydrogens is 502 g/mol. The van der Waals surface area contributed by atoms with Crippen molar-refractivity contribution in [3.05, 3.63) is 88.7 Å². The SMILES string of the molecule is COc1ccc(CN2C3CCN(c4ccc(C5=CC(C6=COCCC6)=CN/C5=C(/C#N)C=N)cn4)CC2C3)cn1. The van der Waals surface area contributed by atoms with E-state index in [1.807, 2.05) is 30.9 Å². The molecule has 5 aliphatic heterocycles. The average Bonchev–Trinajstić information content (AvgIpc) is 3.35. The Morgan fingerprint density at radius 2 is 2.17 bits per heavy atom. The van der Waals surface area contributed by atoms with Crippen molar-refractivity contribution in [3.8, 4) is 11.9 Å². The quantitative estimate of drug-likeness (QED) is 0.398. The van der Waals surface area contributed by atoms with Crippen LogP contribution in [0.4, 0.5) is 5.82 Å². The summed E-state index contributed by atoms with van der Waals surface area (Å²) in [6.45, 7) is 3.54. The summed E-state index contributed by atoms with van der Waals surface area (Å²) in [7, 11) is 1.64. The van der Waals surface area contributed by atoms with Crippen molar-refractivity contribution in [1.29, 1.82) is 10.7 Å². The molecule has 9 heteroatoms. The second-order valence-corrected chi connectivity index (χ2v) is 10.5. The van der Waals surface area contributed by atoms with E-state index < -0.39 is 0 Å². The number of hydrogen-bond donors (Lipinski definition) is 2. The van der Waals surface area contributed by atoms with Gasteiger partial charge in [0.25, 0.3) is 0 Å². The molecular formula is C31H33N7O2. The van der Waals surface area contributed by atoms with Crippen molar-refractivity contribution < 1.29 is 9.47 Å². The molecule has 0 saturated carbocycles. The van der Waals surface area contributed by atoms with E-state index in [9.17, 15) is 5.26 Å². The molecule has 2 bridgehead atoms. The monoisotopic (exact) mass is 535 g/mol. The molecule has 5 aliphatic rings. The van der Waals surface area contributed by atoms with E-state index in [1.54, 1.807) is 7.11 Å². The second-order valence-electron chi connectivity index (χ2n) is 10.5. The minimum Gasteiger partial charge on any atom is -0.501 e. The van der Waals surface area contributed by atoms with Gasteiger partial charge in [0.15, 0.2) is 0 Å². The molecule has 0 radical (unpaired) electrons. The van der Waals surface area contributed by atoms with Gasteiger partial charge in [0.05, 0.1) is 31.2 Å². The minimum atomic E-state index is 0.277. The Hall–Kier alpha value is -4.42. The molecule has 3 fully saturated rings. The van der Waals surface area contributed by atoms with Gasteiger partial charge in [-0.3, -0.25) is 4.90 Å². The molecule has 0 aliphatic carbocycles. The third-order valence-corrected chi connectivity index (χ3v) is 8.18. The summed E-state index contributed by atoms with van der Waals surface area (Å²) in [6.07, 6.45) is 14.9. The molecule has 2 atom stereocenters. The fourth-order valence-electron chi connectivity index (χ4n) is 5.96. The van der Waals surface area contributed by atoms with E-state index in [-0.39, 0.29) is 5.57 Å². The first kappa shape index (κ1) is 25.8. The minimum absolute atomic E-state index is 0.277. The summed E-state index contributed by atoms with van der Waals surface area (Å²) in [5.41, 5.74) is 5.98. The molecule has 7 heterocycles. The van der Waals surface area contributed by atoms with Crippen molar-refractivity contribution in [2.75, 3.05) is 31.7 Å². The van der Waals surface area contributed by atoms with Crippen LogP contribution in [0.3, 0.4) is 0 Å². The molecule has 7 rings (SSSR count). The van der Waals surface area contributed by atoms with Crippen LogP contribution >= 0.6 is 0 Å². The number of methoxy groups -OCH3 is 1. The molecule has 3 saturated heterocycles. The van der Waals surface area contributed by atoms with E-state index in [0.29, 0.717) is 23.7 Å². The highest BCUT2D eigenvalue weighted by atomic mass is 16.5. The van der Waals surface area contributed by atoms with Crippen LogP contribution in [0.1, 0.15) is 36.8 Å². The van der Waals surface area contributed by atoms with Gasteiger partial charge in [0.2, 0.25) is 5.88 Å². The zero-order chi connectivity index (χ0) is 27.5. The molecule has 0 amide bonds. The number of dihydropyridines is 1. The summed E-state index contributed by atoms with van der Waals surface area (Å²) < 4.78 is 10.8.